The van der Waals surface area contributed by atoms with Crippen LogP contribution in [-0.4, -0.2) is 31.0 Å². The van der Waals surface area contributed by atoms with Gasteiger partial charge in [0.2, 0.25) is 0 Å². The summed E-state index contributed by atoms with van der Waals surface area (Å²) in [5.41, 5.74) is 1.38. The maximum absolute atomic E-state index is 9.98. The number of hydrogen-bond acceptors (Lipinski definition) is 3. The fourth-order valence-corrected chi connectivity index (χ4v) is 2.11. The molecular formula is C11H13BrN2O2. The number of alkyl halides is 1. The molecule has 0 aliphatic carbocycles. The SMILES string of the molecule is OC(CCBr)C(O)c1cnc2ccccn12. The minimum Gasteiger partial charge on any atom is -0.390 e. The molecule has 2 atom stereocenters. The second-order valence-electron chi connectivity index (χ2n) is 3.60. The number of aliphatic hydroxyl groups is 2. The zero-order valence-electron chi connectivity index (χ0n) is 8.62. The smallest absolute Gasteiger partial charge is 0.136 e. The van der Waals surface area contributed by atoms with Gasteiger partial charge in [-0.25, -0.2) is 4.98 Å². The largest absolute Gasteiger partial charge is 0.390 e. The summed E-state index contributed by atoms with van der Waals surface area (Å²) < 4.78 is 1.78. The molecule has 0 saturated carbocycles. The maximum Gasteiger partial charge on any atom is 0.136 e. The molecule has 86 valence electrons. The quantitative estimate of drug-likeness (QED) is 0.837. The first kappa shape index (κ1) is 11.6. The van der Waals surface area contributed by atoms with E-state index in [4.69, 9.17) is 0 Å². The fraction of sp³-hybridized carbons (Fsp3) is 0.364. The van der Waals surface area contributed by atoms with Crippen molar-refractivity contribution in [3.05, 3.63) is 36.3 Å². The molecular weight excluding hydrogens is 272 g/mol. The molecule has 2 aromatic heterocycles. The Morgan fingerprint density at radius 2 is 2.19 bits per heavy atom. The van der Waals surface area contributed by atoms with Crippen LogP contribution in [0, 0.1) is 0 Å². The second-order valence-corrected chi connectivity index (χ2v) is 4.39. The molecule has 0 saturated heterocycles. The van der Waals surface area contributed by atoms with Gasteiger partial charge in [-0.05, 0) is 18.6 Å². The van der Waals surface area contributed by atoms with Gasteiger partial charge >= 0.3 is 0 Å². The Morgan fingerprint density at radius 1 is 1.38 bits per heavy atom. The number of aromatic nitrogens is 2. The number of fused-ring (bicyclic) bond motifs is 1. The van der Waals surface area contributed by atoms with Crippen LogP contribution >= 0.6 is 15.9 Å². The Morgan fingerprint density at radius 3 is 2.94 bits per heavy atom. The van der Waals surface area contributed by atoms with E-state index < -0.39 is 12.2 Å². The van der Waals surface area contributed by atoms with Gasteiger partial charge in [-0.3, -0.25) is 0 Å². The molecule has 0 radical (unpaired) electrons. The molecule has 2 N–H and O–H groups in total. The monoisotopic (exact) mass is 284 g/mol. The van der Waals surface area contributed by atoms with E-state index >= 15 is 0 Å². The minimum absolute atomic E-state index is 0.501. The highest BCUT2D eigenvalue weighted by atomic mass is 79.9. The molecule has 2 rings (SSSR count). The van der Waals surface area contributed by atoms with E-state index in [2.05, 4.69) is 20.9 Å². The first-order valence-electron chi connectivity index (χ1n) is 5.08. The number of hydrogen-bond donors (Lipinski definition) is 2. The van der Waals surface area contributed by atoms with Crippen LogP contribution in [0.25, 0.3) is 5.65 Å². The van der Waals surface area contributed by atoms with Gasteiger partial charge in [-0.1, -0.05) is 22.0 Å². The fourth-order valence-electron chi connectivity index (χ4n) is 1.64. The lowest BCUT2D eigenvalue weighted by Gasteiger charge is -2.16. The van der Waals surface area contributed by atoms with Crippen molar-refractivity contribution in [1.29, 1.82) is 0 Å². The minimum atomic E-state index is -0.907. The number of halogens is 1. The lowest BCUT2D eigenvalue weighted by Crippen LogP contribution is -2.19. The second kappa shape index (κ2) is 4.95. The Kier molecular flexibility index (Phi) is 3.58. The predicted molar refractivity (Wildman–Crippen MR) is 64.6 cm³/mol. The highest BCUT2D eigenvalue weighted by Gasteiger charge is 2.20. The van der Waals surface area contributed by atoms with Gasteiger partial charge in [-0.15, -0.1) is 0 Å². The average molecular weight is 285 g/mol. The Labute approximate surface area is 102 Å². The molecule has 2 aromatic rings. The average Bonchev–Trinajstić information content (AvgIpc) is 2.72. The Hall–Kier alpha value is -0.910. The van der Waals surface area contributed by atoms with Crippen LogP contribution in [0.3, 0.4) is 0 Å². The van der Waals surface area contributed by atoms with Crippen LogP contribution in [0.4, 0.5) is 0 Å². The lowest BCUT2D eigenvalue weighted by atomic mass is 10.1. The number of aliphatic hydroxyl groups excluding tert-OH is 2. The molecule has 16 heavy (non-hydrogen) atoms. The lowest BCUT2D eigenvalue weighted by molar-refractivity contribution is 0.0143. The van der Waals surface area contributed by atoms with Crippen LogP contribution in [0.15, 0.2) is 30.6 Å². The van der Waals surface area contributed by atoms with Gasteiger partial charge in [0, 0.05) is 11.5 Å². The molecule has 2 unspecified atom stereocenters. The summed E-state index contributed by atoms with van der Waals surface area (Å²) in [5.74, 6) is 0. The Balaban J connectivity index is 2.32. The first-order valence-corrected chi connectivity index (χ1v) is 6.20. The molecule has 0 aliphatic rings. The van der Waals surface area contributed by atoms with E-state index in [-0.39, 0.29) is 0 Å². The molecule has 2 heterocycles. The third-order valence-electron chi connectivity index (χ3n) is 2.52. The van der Waals surface area contributed by atoms with E-state index in [0.29, 0.717) is 17.4 Å². The zero-order valence-corrected chi connectivity index (χ0v) is 10.2. The molecule has 0 aromatic carbocycles. The van der Waals surface area contributed by atoms with E-state index in [0.717, 1.165) is 5.65 Å². The van der Waals surface area contributed by atoms with Crippen LogP contribution in [0.1, 0.15) is 18.2 Å². The van der Waals surface area contributed by atoms with Crippen molar-refractivity contribution in [2.75, 3.05) is 5.33 Å². The molecule has 4 nitrogen and oxygen atoms in total. The molecule has 0 amide bonds. The summed E-state index contributed by atoms with van der Waals surface area (Å²) in [5, 5.41) is 20.4. The summed E-state index contributed by atoms with van der Waals surface area (Å²) in [7, 11) is 0. The number of rotatable bonds is 4. The van der Waals surface area contributed by atoms with E-state index in [9.17, 15) is 10.2 Å². The van der Waals surface area contributed by atoms with Crippen molar-refractivity contribution < 1.29 is 10.2 Å². The van der Waals surface area contributed by atoms with Gasteiger partial charge in [0.25, 0.3) is 0 Å². The molecule has 5 heteroatoms. The molecule has 0 bridgehead atoms. The Bertz CT molecular complexity index is 472. The van der Waals surface area contributed by atoms with Crippen molar-refractivity contribution in [3.63, 3.8) is 0 Å². The van der Waals surface area contributed by atoms with Crippen LogP contribution in [0.2, 0.25) is 0 Å². The number of pyridine rings is 1. The molecule has 0 aliphatic heterocycles. The van der Waals surface area contributed by atoms with Crippen LogP contribution in [-0.2, 0) is 0 Å². The normalized spacial score (nSPS) is 15.2. The van der Waals surface area contributed by atoms with Crippen molar-refractivity contribution in [1.82, 2.24) is 9.38 Å². The third-order valence-corrected chi connectivity index (χ3v) is 2.98. The molecule has 0 spiro atoms. The molecule has 0 fully saturated rings. The third kappa shape index (κ3) is 2.11. The van der Waals surface area contributed by atoms with Gasteiger partial charge in [0.1, 0.15) is 11.8 Å². The zero-order chi connectivity index (χ0) is 11.5. The van der Waals surface area contributed by atoms with E-state index in [1.807, 2.05) is 24.4 Å². The topological polar surface area (TPSA) is 57.8 Å². The first-order chi connectivity index (χ1) is 7.74. The summed E-state index contributed by atoms with van der Waals surface area (Å²) in [6.07, 6.45) is 2.23. The highest BCUT2D eigenvalue weighted by molar-refractivity contribution is 9.09. The van der Waals surface area contributed by atoms with Crippen molar-refractivity contribution in [2.45, 2.75) is 18.6 Å². The summed E-state index contributed by atoms with van der Waals surface area (Å²) in [6, 6.07) is 5.60. The van der Waals surface area contributed by atoms with Crippen LogP contribution < -0.4 is 0 Å². The summed E-state index contributed by atoms with van der Waals surface area (Å²) in [6.45, 7) is 0. The van der Waals surface area contributed by atoms with E-state index in [1.165, 1.54) is 0 Å². The predicted octanol–water partition coefficient (Wildman–Crippen LogP) is 1.51. The van der Waals surface area contributed by atoms with Crippen molar-refractivity contribution in [3.8, 4) is 0 Å². The summed E-state index contributed by atoms with van der Waals surface area (Å²) >= 11 is 3.24. The van der Waals surface area contributed by atoms with Crippen molar-refractivity contribution >= 4 is 21.6 Å². The number of imidazole rings is 1. The van der Waals surface area contributed by atoms with Gasteiger partial charge in [0.15, 0.2) is 0 Å². The number of nitrogens with zero attached hydrogens (tertiary/aromatic N) is 2. The van der Waals surface area contributed by atoms with Crippen LogP contribution in [0.5, 0.6) is 0 Å². The highest BCUT2D eigenvalue weighted by Crippen LogP contribution is 2.20. The van der Waals surface area contributed by atoms with Gasteiger partial charge in [0.05, 0.1) is 18.0 Å². The van der Waals surface area contributed by atoms with Gasteiger partial charge < -0.3 is 14.6 Å². The standard InChI is InChI=1S/C11H13BrN2O2/c12-5-4-9(15)11(16)8-7-13-10-3-1-2-6-14(8)10/h1-3,6-7,9,11,15-16H,4-5H2. The summed E-state index contributed by atoms with van der Waals surface area (Å²) in [4.78, 5) is 4.16. The van der Waals surface area contributed by atoms with Gasteiger partial charge in [-0.2, -0.15) is 0 Å². The maximum atomic E-state index is 9.98. The van der Waals surface area contributed by atoms with Crippen molar-refractivity contribution in [2.24, 2.45) is 0 Å². The van der Waals surface area contributed by atoms with E-state index in [1.54, 1.807) is 10.6 Å².